The van der Waals surface area contributed by atoms with Crippen molar-refractivity contribution in [2.75, 3.05) is 6.26 Å². The highest BCUT2D eigenvalue weighted by atomic mass is 32.2. The summed E-state index contributed by atoms with van der Waals surface area (Å²) in [6.07, 6.45) is 3.07. The number of nitrogens with one attached hydrogen (secondary N) is 1. The molecule has 3 heteroatoms. The summed E-state index contributed by atoms with van der Waals surface area (Å²) in [5, 5.41) is 2.57. The summed E-state index contributed by atoms with van der Waals surface area (Å²) in [5.74, 6) is 0. The first kappa shape index (κ1) is 15.3. The predicted octanol–water partition coefficient (Wildman–Crippen LogP) is 5.65. The lowest BCUT2D eigenvalue weighted by Gasteiger charge is -2.14. The van der Waals surface area contributed by atoms with Crippen molar-refractivity contribution in [2.45, 2.75) is 25.2 Å². The lowest BCUT2D eigenvalue weighted by molar-refractivity contribution is 1.05. The molecule has 4 rings (SSSR count). The molecule has 2 aromatic carbocycles. The van der Waals surface area contributed by atoms with Crippen LogP contribution in [-0.2, 0) is 6.42 Å². The van der Waals surface area contributed by atoms with Crippen molar-refractivity contribution in [2.24, 2.45) is 0 Å². The van der Waals surface area contributed by atoms with Gasteiger partial charge in [-0.05, 0) is 43.4 Å². The van der Waals surface area contributed by atoms with Crippen LogP contribution in [-0.4, -0.2) is 16.2 Å². The molecule has 0 aliphatic rings. The summed E-state index contributed by atoms with van der Waals surface area (Å²) in [6.45, 7) is 4.30. The first-order chi connectivity index (χ1) is 11.7. The van der Waals surface area contributed by atoms with Gasteiger partial charge < -0.3 is 4.98 Å². The summed E-state index contributed by atoms with van der Waals surface area (Å²) in [7, 11) is 0. The fourth-order valence-corrected chi connectivity index (χ4v) is 4.38. The molecule has 2 nitrogen and oxygen atoms in total. The second kappa shape index (κ2) is 5.99. The number of aromatic nitrogens is 2. The van der Waals surface area contributed by atoms with Gasteiger partial charge in [-0.15, -0.1) is 11.8 Å². The number of hydrogen-bond acceptors (Lipinski definition) is 2. The van der Waals surface area contributed by atoms with E-state index in [1.807, 2.05) is 11.8 Å². The van der Waals surface area contributed by atoms with Crippen LogP contribution in [0.5, 0.6) is 0 Å². The highest BCUT2D eigenvalue weighted by molar-refractivity contribution is 7.98. The summed E-state index contributed by atoms with van der Waals surface area (Å²) in [4.78, 5) is 9.71. The van der Waals surface area contributed by atoms with Crippen LogP contribution in [0.15, 0.2) is 53.4 Å². The van der Waals surface area contributed by atoms with Crippen LogP contribution in [0.25, 0.3) is 21.8 Å². The van der Waals surface area contributed by atoms with Crippen LogP contribution in [0.2, 0.25) is 0 Å². The van der Waals surface area contributed by atoms with Gasteiger partial charge in [-0.3, -0.25) is 4.98 Å². The van der Waals surface area contributed by atoms with E-state index in [2.05, 4.69) is 73.6 Å². The molecule has 0 amide bonds. The van der Waals surface area contributed by atoms with Crippen molar-refractivity contribution in [3.8, 4) is 0 Å². The molecule has 0 radical (unpaired) electrons. The molecule has 24 heavy (non-hydrogen) atoms. The first-order valence-corrected chi connectivity index (χ1v) is 9.40. The van der Waals surface area contributed by atoms with Crippen LogP contribution in [0.1, 0.15) is 22.5 Å². The maximum absolute atomic E-state index is 4.85. The van der Waals surface area contributed by atoms with Gasteiger partial charge >= 0.3 is 0 Å². The van der Waals surface area contributed by atoms with E-state index >= 15 is 0 Å². The third-order valence-corrected chi connectivity index (χ3v) is 5.61. The van der Waals surface area contributed by atoms with Crippen molar-refractivity contribution in [3.05, 3.63) is 71.0 Å². The van der Waals surface area contributed by atoms with Crippen LogP contribution >= 0.6 is 11.8 Å². The zero-order chi connectivity index (χ0) is 16.7. The Morgan fingerprint density at radius 1 is 0.917 bits per heavy atom. The molecular weight excluding hydrogens is 312 g/mol. The van der Waals surface area contributed by atoms with Crippen LogP contribution < -0.4 is 0 Å². The van der Waals surface area contributed by atoms with Gasteiger partial charge in [-0.2, -0.15) is 0 Å². The number of hydrogen-bond donors (Lipinski definition) is 1. The number of rotatable bonds is 3. The molecule has 1 N–H and O–H groups in total. The number of benzene rings is 2. The van der Waals surface area contributed by atoms with Crippen LogP contribution in [0.4, 0.5) is 0 Å². The Morgan fingerprint density at radius 3 is 2.42 bits per heavy atom. The molecule has 2 aromatic heterocycles. The quantitative estimate of drug-likeness (QED) is 0.491. The minimum Gasteiger partial charge on any atom is -0.358 e. The maximum Gasteiger partial charge on any atom is 0.0716 e. The number of H-pyrrole nitrogens is 1. The molecular formula is C21H20N2S. The number of pyridine rings is 1. The summed E-state index contributed by atoms with van der Waals surface area (Å²) >= 11 is 1.82. The molecule has 0 aliphatic carbocycles. The van der Waals surface area contributed by atoms with Gasteiger partial charge in [0.25, 0.3) is 0 Å². The minimum atomic E-state index is 0.912. The van der Waals surface area contributed by atoms with E-state index in [0.717, 1.165) is 17.6 Å². The van der Waals surface area contributed by atoms with Gasteiger partial charge in [0.05, 0.1) is 5.52 Å². The molecule has 0 saturated carbocycles. The second-order valence-electron chi connectivity index (χ2n) is 6.18. The van der Waals surface area contributed by atoms with Crippen molar-refractivity contribution < 1.29 is 0 Å². The lowest BCUT2D eigenvalue weighted by atomic mass is 9.99. The average Bonchev–Trinajstić information content (AvgIpc) is 2.91. The Balaban J connectivity index is 1.93. The predicted molar refractivity (Wildman–Crippen MR) is 104 cm³/mol. The third-order valence-electron chi connectivity index (χ3n) is 4.73. The topological polar surface area (TPSA) is 28.7 Å². The van der Waals surface area contributed by atoms with Gasteiger partial charge in [-0.1, -0.05) is 36.4 Å². The van der Waals surface area contributed by atoms with E-state index in [1.54, 1.807) is 0 Å². The number of aryl methyl sites for hydroxylation is 2. The number of fused-ring (bicyclic) bond motifs is 2. The Bertz CT molecular complexity index is 1050. The molecule has 0 unspecified atom stereocenters. The van der Waals surface area contributed by atoms with Gasteiger partial charge in [0.15, 0.2) is 0 Å². The standard InChI is InChI=1S/C21H20N2S/c1-13-17(15-8-4-6-10-19(15)22-13)12-18-14(2)23-20-11-7-5-9-16(20)21(18)24-3/h4-11,22H,12H2,1-3H3. The molecule has 0 fully saturated rings. The largest absolute Gasteiger partial charge is 0.358 e. The van der Waals surface area contributed by atoms with E-state index in [4.69, 9.17) is 4.98 Å². The van der Waals surface area contributed by atoms with Gasteiger partial charge in [0, 0.05) is 39.0 Å². The molecule has 0 saturated heterocycles. The number of aromatic amines is 1. The van der Waals surface area contributed by atoms with Crippen molar-refractivity contribution in [3.63, 3.8) is 0 Å². The van der Waals surface area contributed by atoms with Crippen molar-refractivity contribution in [1.29, 1.82) is 0 Å². The fraction of sp³-hybridized carbons (Fsp3) is 0.190. The molecule has 0 spiro atoms. The lowest BCUT2D eigenvalue weighted by Crippen LogP contribution is -2.00. The van der Waals surface area contributed by atoms with Crippen LogP contribution in [0, 0.1) is 13.8 Å². The average molecular weight is 332 g/mol. The summed E-state index contributed by atoms with van der Waals surface area (Å²) in [6, 6.07) is 17.0. The molecule has 0 bridgehead atoms. The molecule has 0 aliphatic heterocycles. The monoisotopic (exact) mass is 332 g/mol. The normalized spacial score (nSPS) is 11.5. The highest BCUT2D eigenvalue weighted by Gasteiger charge is 2.16. The van der Waals surface area contributed by atoms with Gasteiger partial charge in [-0.25, -0.2) is 0 Å². The second-order valence-corrected chi connectivity index (χ2v) is 6.99. The maximum atomic E-state index is 4.85. The smallest absolute Gasteiger partial charge is 0.0716 e. The Labute approximate surface area is 146 Å². The van der Waals surface area contributed by atoms with E-state index in [-0.39, 0.29) is 0 Å². The zero-order valence-corrected chi connectivity index (χ0v) is 15.0. The van der Waals surface area contributed by atoms with E-state index in [9.17, 15) is 0 Å². The molecule has 2 heterocycles. The number of para-hydroxylation sites is 2. The molecule has 120 valence electrons. The minimum absolute atomic E-state index is 0.912. The number of thioether (sulfide) groups is 1. The Kier molecular flexibility index (Phi) is 3.81. The Hall–Kier alpha value is -2.26. The SMILES string of the molecule is CSc1c(Cc2c(C)[nH]c3ccccc23)c(C)nc2ccccc12. The summed E-state index contributed by atoms with van der Waals surface area (Å²) in [5.41, 5.74) is 7.38. The van der Waals surface area contributed by atoms with Crippen molar-refractivity contribution in [1.82, 2.24) is 9.97 Å². The summed E-state index contributed by atoms with van der Waals surface area (Å²) < 4.78 is 0. The zero-order valence-electron chi connectivity index (χ0n) is 14.2. The molecule has 4 aromatic rings. The van der Waals surface area contributed by atoms with Crippen molar-refractivity contribution >= 4 is 33.6 Å². The van der Waals surface area contributed by atoms with Gasteiger partial charge in [0.1, 0.15) is 0 Å². The highest BCUT2D eigenvalue weighted by Crippen LogP contribution is 2.34. The van der Waals surface area contributed by atoms with Crippen LogP contribution in [0.3, 0.4) is 0 Å². The fourth-order valence-electron chi connectivity index (χ4n) is 3.52. The number of nitrogens with zero attached hydrogens (tertiary/aromatic N) is 1. The van der Waals surface area contributed by atoms with E-state index < -0.39 is 0 Å². The first-order valence-electron chi connectivity index (χ1n) is 8.17. The third kappa shape index (κ3) is 2.40. The Morgan fingerprint density at radius 2 is 1.62 bits per heavy atom. The van der Waals surface area contributed by atoms with E-state index in [1.165, 1.54) is 38.0 Å². The molecule has 0 atom stereocenters. The van der Waals surface area contributed by atoms with Gasteiger partial charge in [0.2, 0.25) is 0 Å². The van der Waals surface area contributed by atoms with E-state index in [0.29, 0.717) is 0 Å².